The van der Waals surface area contributed by atoms with Crippen molar-refractivity contribution in [1.29, 1.82) is 0 Å². The molecular formula is C21H23FN2O5S2. The molecule has 166 valence electrons. The van der Waals surface area contributed by atoms with E-state index in [2.05, 4.69) is 11.3 Å². The third kappa shape index (κ3) is 5.31. The zero-order valence-electron chi connectivity index (χ0n) is 16.9. The first-order valence-electron chi connectivity index (χ1n) is 9.54. The second-order valence-corrected chi connectivity index (χ2v) is 11.3. The highest BCUT2D eigenvalue weighted by Gasteiger charge is 2.35. The van der Waals surface area contributed by atoms with Crippen LogP contribution >= 0.6 is 0 Å². The third-order valence-corrected chi connectivity index (χ3v) is 8.21. The number of hydrogen-bond donors (Lipinski definition) is 1. The number of amides is 1. The van der Waals surface area contributed by atoms with Gasteiger partial charge in [0.2, 0.25) is 0 Å². The lowest BCUT2D eigenvalue weighted by Crippen LogP contribution is -2.41. The second-order valence-electron chi connectivity index (χ2n) is 7.39. The number of carbonyl (C=O) groups excluding carboxylic acids is 1. The fourth-order valence-electron chi connectivity index (χ4n) is 3.44. The molecule has 1 unspecified atom stereocenters. The summed E-state index contributed by atoms with van der Waals surface area (Å²) >= 11 is 0. The highest BCUT2D eigenvalue weighted by Crippen LogP contribution is 2.24. The standard InChI is InChI=1S/C21H23FN2O5S2/c1-3-11-24(18-10-12-30(26,27)14-18)21(25)20-13-19(9-4-15(20)2)31(28,29)23-17-7-5-16(22)6-8-17/h3-9,13,18,23H,1,10-12,14H2,2H3. The van der Waals surface area contributed by atoms with Crippen molar-refractivity contribution in [3.63, 3.8) is 0 Å². The molecule has 10 heteroatoms. The molecule has 0 spiro atoms. The Bertz CT molecular complexity index is 1210. The van der Waals surface area contributed by atoms with Gasteiger partial charge in [0, 0.05) is 23.8 Å². The average molecular weight is 467 g/mol. The largest absolute Gasteiger partial charge is 0.331 e. The number of nitrogens with zero attached hydrogens (tertiary/aromatic N) is 1. The van der Waals surface area contributed by atoms with Crippen molar-refractivity contribution in [1.82, 2.24) is 4.90 Å². The van der Waals surface area contributed by atoms with Crippen LogP contribution in [0.2, 0.25) is 0 Å². The molecule has 1 saturated heterocycles. The summed E-state index contributed by atoms with van der Waals surface area (Å²) in [5, 5.41) is 0. The number of aryl methyl sites for hydroxylation is 1. The van der Waals surface area contributed by atoms with Gasteiger partial charge in [-0.1, -0.05) is 12.1 Å². The SMILES string of the molecule is C=CCN(C(=O)c1cc(S(=O)(=O)Nc2ccc(F)cc2)ccc1C)C1CCS(=O)(=O)C1. The summed E-state index contributed by atoms with van der Waals surface area (Å²) in [6.45, 7) is 5.46. The van der Waals surface area contributed by atoms with Crippen LogP contribution in [-0.4, -0.2) is 51.7 Å². The normalized spacial score (nSPS) is 17.8. The molecule has 0 aliphatic carbocycles. The van der Waals surface area contributed by atoms with Gasteiger partial charge in [0.1, 0.15) is 5.82 Å². The van der Waals surface area contributed by atoms with E-state index in [1.54, 1.807) is 6.92 Å². The van der Waals surface area contributed by atoms with Crippen LogP contribution in [0.15, 0.2) is 60.0 Å². The number of sulfone groups is 1. The molecule has 1 amide bonds. The minimum absolute atomic E-state index is 0.00752. The molecule has 0 radical (unpaired) electrons. The van der Waals surface area contributed by atoms with E-state index in [1.165, 1.54) is 41.3 Å². The number of sulfonamides is 1. The first kappa shape index (κ1) is 23.0. The molecule has 31 heavy (non-hydrogen) atoms. The smallest absolute Gasteiger partial charge is 0.261 e. The van der Waals surface area contributed by atoms with Gasteiger partial charge in [-0.25, -0.2) is 21.2 Å². The zero-order valence-corrected chi connectivity index (χ0v) is 18.5. The van der Waals surface area contributed by atoms with Crippen LogP contribution in [0.5, 0.6) is 0 Å². The van der Waals surface area contributed by atoms with Crippen molar-refractivity contribution in [3.05, 3.63) is 72.1 Å². The predicted molar refractivity (Wildman–Crippen MR) is 117 cm³/mol. The molecule has 0 aromatic heterocycles. The molecule has 1 N–H and O–H groups in total. The maximum atomic E-state index is 13.3. The quantitative estimate of drug-likeness (QED) is 0.633. The van der Waals surface area contributed by atoms with E-state index in [0.717, 1.165) is 12.1 Å². The van der Waals surface area contributed by atoms with Gasteiger partial charge in [-0.3, -0.25) is 9.52 Å². The molecule has 2 aromatic rings. The van der Waals surface area contributed by atoms with Gasteiger partial charge in [0.15, 0.2) is 9.84 Å². The lowest BCUT2D eigenvalue weighted by molar-refractivity contribution is 0.0719. The minimum Gasteiger partial charge on any atom is -0.331 e. The van der Waals surface area contributed by atoms with Crippen LogP contribution in [0.25, 0.3) is 0 Å². The molecule has 2 aromatic carbocycles. The maximum Gasteiger partial charge on any atom is 0.261 e. The van der Waals surface area contributed by atoms with E-state index in [-0.39, 0.29) is 34.2 Å². The van der Waals surface area contributed by atoms with E-state index in [0.29, 0.717) is 12.0 Å². The fraction of sp³-hybridized carbons (Fsp3) is 0.286. The minimum atomic E-state index is -4.03. The van der Waals surface area contributed by atoms with Gasteiger partial charge in [-0.15, -0.1) is 6.58 Å². The van der Waals surface area contributed by atoms with Gasteiger partial charge in [0.25, 0.3) is 15.9 Å². The Morgan fingerprint density at radius 3 is 2.52 bits per heavy atom. The van der Waals surface area contributed by atoms with Crippen molar-refractivity contribution in [2.45, 2.75) is 24.3 Å². The molecule has 7 nitrogen and oxygen atoms in total. The highest BCUT2D eigenvalue weighted by molar-refractivity contribution is 7.92. The van der Waals surface area contributed by atoms with Crippen LogP contribution < -0.4 is 4.72 Å². The Hall–Kier alpha value is -2.72. The van der Waals surface area contributed by atoms with Crippen molar-refractivity contribution < 1.29 is 26.0 Å². The summed E-state index contributed by atoms with van der Waals surface area (Å²) in [5.41, 5.74) is 0.896. The van der Waals surface area contributed by atoms with E-state index >= 15 is 0 Å². The van der Waals surface area contributed by atoms with Crippen molar-refractivity contribution in [2.75, 3.05) is 22.8 Å². The van der Waals surface area contributed by atoms with Crippen molar-refractivity contribution >= 4 is 31.5 Å². The Kier molecular flexibility index (Phi) is 6.51. The van der Waals surface area contributed by atoms with Gasteiger partial charge in [0.05, 0.1) is 16.4 Å². The van der Waals surface area contributed by atoms with Crippen LogP contribution in [0.1, 0.15) is 22.3 Å². The van der Waals surface area contributed by atoms with E-state index < -0.39 is 37.6 Å². The van der Waals surface area contributed by atoms with Gasteiger partial charge in [-0.2, -0.15) is 0 Å². The molecular weight excluding hydrogens is 443 g/mol. The number of carbonyl (C=O) groups is 1. The van der Waals surface area contributed by atoms with Crippen LogP contribution in [-0.2, 0) is 19.9 Å². The number of benzene rings is 2. The Morgan fingerprint density at radius 1 is 1.26 bits per heavy atom. The number of nitrogens with one attached hydrogen (secondary N) is 1. The van der Waals surface area contributed by atoms with Gasteiger partial charge < -0.3 is 4.90 Å². The lowest BCUT2D eigenvalue weighted by atomic mass is 10.1. The molecule has 1 atom stereocenters. The van der Waals surface area contributed by atoms with Gasteiger partial charge in [-0.05, 0) is 55.3 Å². The number of rotatable bonds is 7. The van der Waals surface area contributed by atoms with Crippen LogP contribution in [0.3, 0.4) is 0 Å². The summed E-state index contributed by atoms with van der Waals surface area (Å²) in [7, 11) is -7.25. The first-order chi connectivity index (χ1) is 14.5. The van der Waals surface area contributed by atoms with E-state index in [9.17, 15) is 26.0 Å². The third-order valence-electron chi connectivity index (χ3n) is 5.08. The predicted octanol–water partition coefficient (Wildman–Crippen LogP) is 2.75. The van der Waals surface area contributed by atoms with Crippen LogP contribution in [0.4, 0.5) is 10.1 Å². The number of halogens is 1. The first-order valence-corrected chi connectivity index (χ1v) is 12.8. The fourth-order valence-corrected chi connectivity index (χ4v) is 6.26. The number of hydrogen-bond acceptors (Lipinski definition) is 5. The highest BCUT2D eigenvalue weighted by atomic mass is 32.2. The molecule has 1 heterocycles. The molecule has 1 aliphatic heterocycles. The summed E-state index contributed by atoms with van der Waals surface area (Å²) in [4.78, 5) is 14.5. The number of anilines is 1. The summed E-state index contributed by atoms with van der Waals surface area (Å²) in [5.74, 6) is -1.08. The molecule has 1 fully saturated rings. The topological polar surface area (TPSA) is 101 Å². The van der Waals surface area contributed by atoms with Crippen molar-refractivity contribution in [3.8, 4) is 0 Å². The summed E-state index contributed by atoms with van der Waals surface area (Å²) in [6, 6.07) is 8.50. The zero-order chi connectivity index (χ0) is 22.8. The summed E-state index contributed by atoms with van der Waals surface area (Å²) in [6.07, 6.45) is 1.83. The molecule has 1 aliphatic rings. The lowest BCUT2D eigenvalue weighted by Gasteiger charge is -2.28. The molecule has 0 bridgehead atoms. The monoisotopic (exact) mass is 466 g/mol. The Morgan fingerprint density at radius 2 is 1.94 bits per heavy atom. The van der Waals surface area contributed by atoms with Crippen LogP contribution in [0, 0.1) is 12.7 Å². The second kappa shape index (κ2) is 8.80. The average Bonchev–Trinajstić information content (AvgIpc) is 3.07. The molecule has 3 rings (SSSR count). The van der Waals surface area contributed by atoms with E-state index in [1.807, 2.05) is 0 Å². The maximum absolute atomic E-state index is 13.3. The summed E-state index contributed by atoms with van der Waals surface area (Å²) < 4.78 is 64.8. The Labute approximate surface area is 181 Å². The van der Waals surface area contributed by atoms with Gasteiger partial charge >= 0.3 is 0 Å². The molecule has 0 saturated carbocycles. The Balaban J connectivity index is 1.92. The van der Waals surface area contributed by atoms with Crippen molar-refractivity contribution in [2.24, 2.45) is 0 Å². The van der Waals surface area contributed by atoms with E-state index in [4.69, 9.17) is 0 Å².